The highest BCUT2D eigenvalue weighted by atomic mass is 16.5. The molecular formula is C22H27NO5. The molecule has 0 aliphatic heterocycles. The van der Waals surface area contributed by atoms with Gasteiger partial charge in [-0.3, -0.25) is 4.79 Å². The largest absolute Gasteiger partial charge is 0.496 e. The maximum absolute atomic E-state index is 13.5. The highest BCUT2D eigenvalue weighted by Crippen LogP contribution is 2.44. The Bertz CT molecular complexity index is 892. The predicted molar refractivity (Wildman–Crippen MR) is 105 cm³/mol. The third kappa shape index (κ3) is 3.51. The van der Waals surface area contributed by atoms with Crippen LogP contribution in [0.5, 0.6) is 5.75 Å². The lowest BCUT2D eigenvalue weighted by atomic mass is 9.77. The third-order valence-electron chi connectivity index (χ3n) is 5.77. The topological polar surface area (TPSA) is 80.0 Å². The van der Waals surface area contributed by atoms with E-state index >= 15 is 0 Å². The fourth-order valence-corrected chi connectivity index (χ4v) is 4.23. The number of nitrogens with zero attached hydrogens (tertiary/aromatic N) is 1. The van der Waals surface area contributed by atoms with Gasteiger partial charge in [-0.1, -0.05) is 25.0 Å². The van der Waals surface area contributed by atoms with E-state index in [-0.39, 0.29) is 18.0 Å². The van der Waals surface area contributed by atoms with Gasteiger partial charge < -0.3 is 19.2 Å². The van der Waals surface area contributed by atoms with E-state index in [1.54, 1.807) is 26.0 Å². The number of carbonyl (C=O) groups is 2. The van der Waals surface area contributed by atoms with Crippen LogP contribution in [0.15, 0.2) is 28.7 Å². The first-order valence-electron chi connectivity index (χ1n) is 9.52. The maximum Gasteiger partial charge on any atom is 0.339 e. The van der Waals surface area contributed by atoms with Crippen molar-refractivity contribution in [3.05, 3.63) is 52.5 Å². The van der Waals surface area contributed by atoms with Gasteiger partial charge in [0.2, 0.25) is 5.91 Å². The molecule has 2 aromatic rings. The average Bonchev–Trinajstić information content (AvgIpc) is 3.29. The van der Waals surface area contributed by atoms with E-state index in [4.69, 9.17) is 9.15 Å². The molecule has 1 amide bonds. The van der Waals surface area contributed by atoms with Crippen LogP contribution in [0.4, 0.5) is 0 Å². The molecule has 0 atom stereocenters. The van der Waals surface area contributed by atoms with Gasteiger partial charge in [-0.15, -0.1) is 0 Å². The fourth-order valence-electron chi connectivity index (χ4n) is 4.23. The van der Waals surface area contributed by atoms with Crippen LogP contribution >= 0.6 is 0 Å². The summed E-state index contributed by atoms with van der Waals surface area (Å²) in [6.07, 6.45) is 3.58. The van der Waals surface area contributed by atoms with Crippen molar-refractivity contribution in [2.24, 2.45) is 0 Å². The van der Waals surface area contributed by atoms with Gasteiger partial charge in [0.05, 0.1) is 19.1 Å². The van der Waals surface area contributed by atoms with Crippen molar-refractivity contribution in [3.8, 4) is 5.75 Å². The third-order valence-corrected chi connectivity index (χ3v) is 5.77. The van der Waals surface area contributed by atoms with E-state index in [1.807, 2.05) is 25.1 Å². The van der Waals surface area contributed by atoms with Crippen molar-refractivity contribution >= 4 is 11.9 Å². The Morgan fingerprint density at radius 2 is 1.89 bits per heavy atom. The highest BCUT2D eigenvalue weighted by molar-refractivity contribution is 5.89. The van der Waals surface area contributed by atoms with E-state index < -0.39 is 11.4 Å². The molecule has 1 fully saturated rings. The summed E-state index contributed by atoms with van der Waals surface area (Å²) in [4.78, 5) is 26.4. The number of methoxy groups -OCH3 is 1. The Hall–Kier alpha value is -2.76. The lowest BCUT2D eigenvalue weighted by Crippen LogP contribution is -2.43. The first-order chi connectivity index (χ1) is 13.3. The number of hydrogen-bond donors (Lipinski definition) is 1. The van der Waals surface area contributed by atoms with E-state index in [9.17, 15) is 14.7 Å². The number of rotatable bonds is 6. The monoisotopic (exact) mass is 385 g/mol. The summed E-state index contributed by atoms with van der Waals surface area (Å²) in [6, 6.07) is 7.49. The summed E-state index contributed by atoms with van der Waals surface area (Å²) in [5.74, 6) is 0.608. The molecule has 0 radical (unpaired) electrons. The van der Waals surface area contributed by atoms with Crippen LogP contribution < -0.4 is 4.74 Å². The zero-order chi connectivity index (χ0) is 20.5. The van der Waals surface area contributed by atoms with Gasteiger partial charge in [0, 0.05) is 7.05 Å². The second-order valence-electron chi connectivity index (χ2n) is 7.62. The lowest BCUT2D eigenvalue weighted by molar-refractivity contribution is -0.136. The molecule has 1 aliphatic carbocycles. The number of carbonyl (C=O) groups excluding carboxylic acids is 1. The summed E-state index contributed by atoms with van der Waals surface area (Å²) < 4.78 is 11.0. The number of hydrogen-bond acceptors (Lipinski definition) is 4. The second kappa shape index (κ2) is 7.70. The maximum atomic E-state index is 13.5. The summed E-state index contributed by atoms with van der Waals surface area (Å²) >= 11 is 0. The number of carboxylic acids is 1. The molecule has 1 aromatic carbocycles. The van der Waals surface area contributed by atoms with Gasteiger partial charge in [-0.25, -0.2) is 4.79 Å². The minimum absolute atomic E-state index is 0.0295. The summed E-state index contributed by atoms with van der Waals surface area (Å²) in [5, 5.41) is 9.20. The zero-order valence-electron chi connectivity index (χ0n) is 16.9. The number of ether oxygens (including phenoxy) is 1. The van der Waals surface area contributed by atoms with Crippen LogP contribution in [-0.4, -0.2) is 36.0 Å². The molecule has 1 saturated carbocycles. The summed E-state index contributed by atoms with van der Waals surface area (Å²) in [7, 11) is 3.38. The van der Waals surface area contributed by atoms with Crippen molar-refractivity contribution in [1.29, 1.82) is 0 Å². The van der Waals surface area contributed by atoms with Crippen LogP contribution in [-0.2, 0) is 16.8 Å². The molecule has 1 aliphatic rings. The van der Waals surface area contributed by atoms with Crippen LogP contribution in [0.1, 0.15) is 58.7 Å². The Balaban J connectivity index is 1.89. The quantitative estimate of drug-likeness (QED) is 0.811. The summed E-state index contributed by atoms with van der Waals surface area (Å²) in [6.45, 7) is 3.83. The standard InChI is InChI=1S/C22H27NO5/c1-14-7-8-16(11-19(14)27-4)22(9-5-6-10-22)21(26)23(3)13-17-12-18(20(24)25)15(2)28-17/h7-8,11-12H,5-6,9-10,13H2,1-4H3,(H,24,25). The minimum Gasteiger partial charge on any atom is -0.496 e. The average molecular weight is 385 g/mol. The molecule has 0 saturated heterocycles. The van der Waals surface area contributed by atoms with Crippen LogP contribution in [0.3, 0.4) is 0 Å². The minimum atomic E-state index is -1.03. The van der Waals surface area contributed by atoms with E-state index in [1.165, 1.54) is 6.07 Å². The molecule has 1 heterocycles. The number of aromatic carboxylic acids is 1. The molecule has 1 aromatic heterocycles. The summed E-state index contributed by atoms with van der Waals surface area (Å²) in [5.41, 5.74) is 1.57. The van der Waals surface area contributed by atoms with Crippen molar-refractivity contribution in [2.45, 2.75) is 51.5 Å². The Morgan fingerprint density at radius 1 is 1.21 bits per heavy atom. The number of amides is 1. The predicted octanol–water partition coefficient (Wildman–Crippen LogP) is 4.07. The lowest BCUT2D eigenvalue weighted by Gasteiger charge is -2.33. The number of carboxylic acid groups (broad SMARTS) is 1. The van der Waals surface area contributed by atoms with Gasteiger partial charge in [-0.2, -0.15) is 0 Å². The molecule has 0 spiro atoms. The van der Waals surface area contributed by atoms with Crippen molar-refractivity contribution in [2.75, 3.05) is 14.2 Å². The molecule has 0 unspecified atom stereocenters. The smallest absolute Gasteiger partial charge is 0.339 e. The van der Waals surface area contributed by atoms with Crippen LogP contribution in [0, 0.1) is 13.8 Å². The van der Waals surface area contributed by atoms with Gasteiger partial charge >= 0.3 is 5.97 Å². The first kappa shape index (κ1) is 20.0. The van der Waals surface area contributed by atoms with E-state index in [0.29, 0.717) is 11.5 Å². The number of furan rings is 1. The second-order valence-corrected chi connectivity index (χ2v) is 7.62. The number of aryl methyl sites for hydroxylation is 2. The SMILES string of the molecule is COc1cc(C2(C(=O)N(C)Cc3cc(C(=O)O)c(C)o3)CCCC2)ccc1C. The molecule has 6 heteroatoms. The Morgan fingerprint density at radius 3 is 2.46 bits per heavy atom. The normalized spacial score (nSPS) is 15.4. The van der Waals surface area contributed by atoms with Crippen LogP contribution in [0.25, 0.3) is 0 Å². The number of likely N-dealkylation sites (N-methyl/N-ethyl adjacent to an activating group) is 1. The zero-order valence-corrected chi connectivity index (χ0v) is 16.9. The fraction of sp³-hybridized carbons (Fsp3) is 0.455. The molecule has 150 valence electrons. The Kier molecular flexibility index (Phi) is 5.49. The molecular weight excluding hydrogens is 358 g/mol. The van der Waals surface area contributed by atoms with E-state index in [0.717, 1.165) is 42.6 Å². The highest BCUT2D eigenvalue weighted by Gasteiger charge is 2.44. The van der Waals surface area contributed by atoms with Crippen molar-refractivity contribution < 1.29 is 23.8 Å². The van der Waals surface area contributed by atoms with Gasteiger partial charge in [0.15, 0.2) is 0 Å². The van der Waals surface area contributed by atoms with Gasteiger partial charge in [0.1, 0.15) is 22.8 Å². The van der Waals surface area contributed by atoms with Crippen molar-refractivity contribution in [3.63, 3.8) is 0 Å². The Labute approximate surface area is 165 Å². The molecule has 3 rings (SSSR count). The van der Waals surface area contributed by atoms with Gasteiger partial charge in [0.25, 0.3) is 0 Å². The number of benzene rings is 1. The van der Waals surface area contributed by atoms with Crippen LogP contribution in [0.2, 0.25) is 0 Å². The van der Waals surface area contributed by atoms with Gasteiger partial charge in [-0.05, 0) is 49.9 Å². The molecule has 0 bridgehead atoms. The van der Waals surface area contributed by atoms with E-state index in [2.05, 4.69) is 0 Å². The molecule has 1 N–H and O–H groups in total. The molecule has 28 heavy (non-hydrogen) atoms. The molecule has 6 nitrogen and oxygen atoms in total. The van der Waals surface area contributed by atoms with Crippen molar-refractivity contribution in [1.82, 2.24) is 4.90 Å². The first-order valence-corrected chi connectivity index (χ1v) is 9.52.